The fraction of sp³-hybridized carbons (Fsp3) is 0.600. The van der Waals surface area contributed by atoms with Gasteiger partial charge in [0.2, 0.25) is 0 Å². The minimum Gasteiger partial charge on any atom is -0.493 e. The maximum absolute atomic E-state index is 5.50. The van der Waals surface area contributed by atoms with Gasteiger partial charge in [0.05, 0.1) is 14.2 Å². The van der Waals surface area contributed by atoms with E-state index in [1.54, 1.807) is 14.2 Å². The Labute approximate surface area is 116 Å². The summed E-state index contributed by atoms with van der Waals surface area (Å²) in [6.07, 6.45) is 3.22. The van der Waals surface area contributed by atoms with Gasteiger partial charge in [0.15, 0.2) is 11.5 Å². The van der Waals surface area contributed by atoms with Crippen molar-refractivity contribution >= 4 is 0 Å². The van der Waals surface area contributed by atoms with Crippen molar-refractivity contribution in [2.24, 2.45) is 5.73 Å². The number of rotatable bonds is 9. The summed E-state index contributed by atoms with van der Waals surface area (Å²) < 4.78 is 10.6. The van der Waals surface area contributed by atoms with Gasteiger partial charge < -0.3 is 20.5 Å². The zero-order valence-electron chi connectivity index (χ0n) is 12.2. The molecule has 4 nitrogen and oxygen atoms in total. The van der Waals surface area contributed by atoms with Gasteiger partial charge in [-0.05, 0) is 50.0 Å². The second-order valence-electron chi connectivity index (χ2n) is 4.53. The Balaban J connectivity index is 2.69. The first-order chi connectivity index (χ1) is 9.26. The van der Waals surface area contributed by atoms with E-state index in [0.29, 0.717) is 6.04 Å². The van der Waals surface area contributed by atoms with Crippen molar-refractivity contribution in [1.29, 1.82) is 0 Å². The largest absolute Gasteiger partial charge is 0.493 e. The molecule has 19 heavy (non-hydrogen) atoms. The van der Waals surface area contributed by atoms with Gasteiger partial charge >= 0.3 is 0 Å². The summed E-state index contributed by atoms with van der Waals surface area (Å²) in [5.41, 5.74) is 6.73. The van der Waals surface area contributed by atoms with Gasteiger partial charge in [-0.1, -0.05) is 13.0 Å². The highest BCUT2D eigenvalue weighted by molar-refractivity contribution is 5.43. The third-order valence-electron chi connectivity index (χ3n) is 3.24. The molecule has 1 aromatic rings. The van der Waals surface area contributed by atoms with Crippen LogP contribution in [-0.4, -0.2) is 27.3 Å². The first-order valence-electron chi connectivity index (χ1n) is 6.92. The molecule has 108 valence electrons. The molecule has 0 saturated carbocycles. The van der Waals surface area contributed by atoms with Gasteiger partial charge in [-0.2, -0.15) is 0 Å². The Morgan fingerprint density at radius 1 is 1.16 bits per heavy atom. The SMILES string of the molecule is CCC(NCCCCN)c1ccc(OC)c(OC)c1. The Hall–Kier alpha value is -1.26. The Kier molecular flexibility index (Phi) is 7.30. The summed E-state index contributed by atoms with van der Waals surface area (Å²) in [5, 5.41) is 3.56. The summed E-state index contributed by atoms with van der Waals surface area (Å²) >= 11 is 0. The molecule has 0 aromatic heterocycles. The van der Waals surface area contributed by atoms with Crippen molar-refractivity contribution in [1.82, 2.24) is 5.32 Å². The number of nitrogens with one attached hydrogen (secondary N) is 1. The van der Waals surface area contributed by atoms with Gasteiger partial charge in [0.1, 0.15) is 0 Å². The molecule has 4 heteroatoms. The molecule has 3 N–H and O–H groups in total. The monoisotopic (exact) mass is 266 g/mol. The van der Waals surface area contributed by atoms with E-state index >= 15 is 0 Å². The summed E-state index contributed by atoms with van der Waals surface area (Å²) in [4.78, 5) is 0. The first-order valence-corrected chi connectivity index (χ1v) is 6.92. The van der Waals surface area contributed by atoms with Crippen LogP contribution in [0.2, 0.25) is 0 Å². The second-order valence-corrected chi connectivity index (χ2v) is 4.53. The predicted octanol–water partition coefficient (Wildman–Crippen LogP) is 2.48. The molecule has 0 bridgehead atoms. The Bertz CT molecular complexity index is 369. The van der Waals surface area contributed by atoms with Crippen LogP contribution in [0.15, 0.2) is 18.2 Å². The maximum Gasteiger partial charge on any atom is 0.161 e. The zero-order chi connectivity index (χ0) is 14.1. The van der Waals surface area contributed by atoms with E-state index in [9.17, 15) is 0 Å². The third-order valence-corrected chi connectivity index (χ3v) is 3.24. The van der Waals surface area contributed by atoms with Crippen molar-refractivity contribution in [3.8, 4) is 11.5 Å². The molecule has 0 heterocycles. The fourth-order valence-electron chi connectivity index (χ4n) is 2.11. The summed E-state index contributed by atoms with van der Waals surface area (Å²) in [6.45, 7) is 3.93. The van der Waals surface area contributed by atoms with Crippen LogP contribution >= 0.6 is 0 Å². The lowest BCUT2D eigenvalue weighted by Gasteiger charge is -2.19. The molecule has 0 amide bonds. The minimum atomic E-state index is 0.345. The molecule has 1 aromatic carbocycles. The molecule has 0 aliphatic heterocycles. The van der Waals surface area contributed by atoms with E-state index in [0.717, 1.165) is 43.9 Å². The molecule has 1 atom stereocenters. The molecular formula is C15H26N2O2. The van der Waals surface area contributed by atoms with Crippen LogP contribution in [0.1, 0.15) is 37.8 Å². The molecule has 0 saturated heterocycles. The zero-order valence-corrected chi connectivity index (χ0v) is 12.2. The van der Waals surface area contributed by atoms with Crippen molar-refractivity contribution in [2.45, 2.75) is 32.2 Å². The van der Waals surface area contributed by atoms with E-state index in [-0.39, 0.29) is 0 Å². The average molecular weight is 266 g/mol. The number of hydrogen-bond donors (Lipinski definition) is 2. The number of benzene rings is 1. The molecule has 0 radical (unpaired) electrons. The molecular weight excluding hydrogens is 240 g/mol. The fourth-order valence-corrected chi connectivity index (χ4v) is 2.11. The Morgan fingerprint density at radius 2 is 1.89 bits per heavy atom. The van der Waals surface area contributed by atoms with Crippen molar-refractivity contribution in [2.75, 3.05) is 27.3 Å². The number of ether oxygens (including phenoxy) is 2. The number of unbranched alkanes of at least 4 members (excludes halogenated alkanes) is 1. The van der Waals surface area contributed by atoms with Crippen LogP contribution in [0.25, 0.3) is 0 Å². The van der Waals surface area contributed by atoms with E-state index in [4.69, 9.17) is 15.2 Å². The summed E-state index contributed by atoms with van der Waals surface area (Å²) in [5.74, 6) is 1.55. The van der Waals surface area contributed by atoms with E-state index < -0.39 is 0 Å². The van der Waals surface area contributed by atoms with Gasteiger partial charge in [-0.25, -0.2) is 0 Å². The van der Waals surface area contributed by atoms with Gasteiger partial charge in [0, 0.05) is 6.04 Å². The number of methoxy groups -OCH3 is 2. The van der Waals surface area contributed by atoms with E-state index in [2.05, 4.69) is 18.3 Å². The number of nitrogens with two attached hydrogens (primary N) is 1. The lowest BCUT2D eigenvalue weighted by atomic mass is 10.0. The van der Waals surface area contributed by atoms with E-state index in [1.165, 1.54) is 5.56 Å². The van der Waals surface area contributed by atoms with Crippen molar-refractivity contribution in [3.05, 3.63) is 23.8 Å². The highest BCUT2D eigenvalue weighted by atomic mass is 16.5. The lowest BCUT2D eigenvalue weighted by Crippen LogP contribution is -2.22. The molecule has 0 aliphatic rings. The van der Waals surface area contributed by atoms with Gasteiger partial charge in [0.25, 0.3) is 0 Å². The highest BCUT2D eigenvalue weighted by Crippen LogP contribution is 2.30. The minimum absolute atomic E-state index is 0.345. The Morgan fingerprint density at radius 3 is 2.47 bits per heavy atom. The maximum atomic E-state index is 5.50. The number of hydrogen-bond acceptors (Lipinski definition) is 4. The standard InChI is InChI=1S/C15H26N2O2/c1-4-13(17-10-6-5-9-16)12-7-8-14(18-2)15(11-12)19-3/h7-8,11,13,17H,4-6,9-10,16H2,1-3H3. The molecule has 0 fully saturated rings. The quantitative estimate of drug-likeness (QED) is 0.674. The normalized spacial score (nSPS) is 12.2. The van der Waals surface area contributed by atoms with Crippen LogP contribution in [0.4, 0.5) is 0 Å². The molecule has 0 spiro atoms. The van der Waals surface area contributed by atoms with Crippen LogP contribution in [-0.2, 0) is 0 Å². The summed E-state index contributed by atoms with van der Waals surface area (Å²) in [7, 11) is 3.32. The molecule has 1 rings (SSSR count). The smallest absolute Gasteiger partial charge is 0.161 e. The summed E-state index contributed by atoms with van der Waals surface area (Å²) in [6, 6.07) is 6.44. The molecule has 0 aliphatic carbocycles. The van der Waals surface area contributed by atoms with Crippen LogP contribution in [0, 0.1) is 0 Å². The first kappa shape index (κ1) is 15.8. The van der Waals surface area contributed by atoms with E-state index in [1.807, 2.05) is 12.1 Å². The highest BCUT2D eigenvalue weighted by Gasteiger charge is 2.11. The molecule has 1 unspecified atom stereocenters. The van der Waals surface area contributed by atoms with Crippen molar-refractivity contribution in [3.63, 3.8) is 0 Å². The van der Waals surface area contributed by atoms with Gasteiger partial charge in [-0.15, -0.1) is 0 Å². The van der Waals surface area contributed by atoms with Crippen molar-refractivity contribution < 1.29 is 9.47 Å². The van der Waals surface area contributed by atoms with Crippen LogP contribution in [0.3, 0.4) is 0 Å². The van der Waals surface area contributed by atoms with Crippen LogP contribution < -0.4 is 20.5 Å². The predicted molar refractivity (Wildman–Crippen MR) is 78.9 cm³/mol. The second kappa shape index (κ2) is 8.77. The van der Waals surface area contributed by atoms with Crippen LogP contribution in [0.5, 0.6) is 11.5 Å². The average Bonchev–Trinajstić information content (AvgIpc) is 2.46. The lowest BCUT2D eigenvalue weighted by molar-refractivity contribution is 0.353. The van der Waals surface area contributed by atoms with Gasteiger partial charge in [-0.3, -0.25) is 0 Å². The topological polar surface area (TPSA) is 56.5 Å². The third kappa shape index (κ3) is 4.73.